The Kier molecular flexibility index (Phi) is 8.40. The molecule has 0 bridgehead atoms. The molecule has 0 aromatic rings. The molecule has 0 rings (SSSR count). The molecule has 2 amide bonds. The second kappa shape index (κ2) is 9.23. The molecule has 134 valence electrons. The summed E-state index contributed by atoms with van der Waals surface area (Å²) in [5.41, 5.74) is 16.2. The number of nitrogens with two attached hydrogens (primary N) is 2. The third-order valence-corrected chi connectivity index (χ3v) is 3.36. The van der Waals surface area contributed by atoms with E-state index in [1.54, 1.807) is 6.08 Å². The summed E-state index contributed by atoms with van der Waals surface area (Å²) in [6.45, 7) is 17.6. The first-order chi connectivity index (χ1) is 10.9. The number of allylic oxidation sites excluding steroid dienone is 5. The summed E-state index contributed by atoms with van der Waals surface area (Å²) in [6.07, 6.45) is 3.68. The van der Waals surface area contributed by atoms with Crippen molar-refractivity contribution in [1.82, 2.24) is 5.32 Å². The topological polar surface area (TPSA) is 93.5 Å². The molecule has 0 aromatic carbocycles. The molecule has 0 aliphatic rings. The van der Waals surface area contributed by atoms with Gasteiger partial charge >= 0.3 is 6.03 Å². The minimum absolute atomic E-state index is 0.337. The Bertz CT molecular complexity index is 610. The summed E-state index contributed by atoms with van der Waals surface area (Å²) in [5, 5.41) is 2.80. The van der Waals surface area contributed by atoms with Crippen molar-refractivity contribution in [2.45, 2.75) is 54.0 Å². The molecule has 0 spiro atoms. The monoisotopic (exact) mass is 332 g/mol. The van der Waals surface area contributed by atoms with Crippen molar-refractivity contribution < 1.29 is 4.79 Å². The van der Waals surface area contributed by atoms with Crippen LogP contribution in [0.3, 0.4) is 0 Å². The van der Waals surface area contributed by atoms with Gasteiger partial charge in [0, 0.05) is 17.8 Å². The van der Waals surface area contributed by atoms with Crippen molar-refractivity contribution in [1.29, 1.82) is 0 Å². The molecule has 0 atom stereocenters. The number of hydrogen-bond acceptors (Lipinski definition) is 3. The van der Waals surface area contributed by atoms with Gasteiger partial charge in [0.1, 0.15) is 0 Å². The van der Waals surface area contributed by atoms with Crippen LogP contribution in [0.5, 0.6) is 0 Å². The Morgan fingerprint density at radius 2 is 1.71 bits per heavy atom. The minimum Gasteiger partial charge on any atom is -0.402 e. The molecule has 5 N–H and O–H groups in total. The number of aliphatic imine (C=N–C) groups is 1. The first kappa shape index (κ1) is 21.9. The predicted molar refractivity (Wildman–Crippen MR) is 104 cm³/mol. The van der Waals surface area contributed by atoms with Gasteiger partial charge in [-0.25, -0.2) is 4.79 Å². The largest absolute Gasteiger partial charge is 0.402 e. The molecule has 24 heavy (non-hydrogen) atoms. The van der Waals surface area contributed by atoms with Gasteiger partial charge < -0.3 is 16.8 Å². The van der Waals surface area contributed by atoms with Crippen LogP contribution < -0.4 is 16.8 Å². The van der Waals surface area contributed by atoms with E-state index >= 15 is 0 Å². The van der Waals surface area contributed by atoms with Crippen LogP contribution in [0.25, 0.3) is 0 Å². The average molecular weight is 332 g/mol. The second-order valence-electron chi connectivity index (χ2n) is 6.96. The first-order valence-corrected chi connectivity index (χ1v) is 7.97. The van der Waals surface area contributed by atoms with E-state index in [0.29, 0.717) is 23.5 Å². The summed E-state index contributed by atoms with van der Waals surface area (Å²) >= 11 is 0. The zero-order valence-electron chi connectivity index (χ0n) is 16.1. The van der Waals surface area contributed by atoms with E-state index in [0.717, 1.165) is 16.7 Å². The summed E-state index contributed by atoms with van der Waals surface area (Å²) < 4.78 is 0. The van der Waals surface area contributed by atoms with Crippen LogP contribution in [0.1, 0.15) is 48.5 Å². The minimum atomic E-state index is -0.385. The lowest BCUT2D eigenvalue weighted by atomic mass is 10.00. The maximum absolute atomic E-state index is 12.0. The zero-order chi connectivity index (χ0) is 19.1. The molecule has 0 heterocycles. The molecular weight excluding hydrogens is 300 g/mol. The van der Waals surface area contributed by atoms with Crippen molar-refractivity contribution in [3.63, 3.8) is 0 Å². The van der Waals surface area contributed by atoms with Crippen molar-refractivity contribution in [2.75, 3.05) is 6.54 Å². The molecular formula is C19H32N4O. The Hall–Kier alpha value is -2.14. The van der Waals surface area contributed by atoms with Crippen molar-refractivity contribution in [3.8, 4) is 0 Å². The molecule has 0 radical (unpaired) electrons. The molecule has 0 unspecified atom stereocenters. The smallest absolute Gasteiger partial charge is 0.341 e. The number of amides is 2. The van der Waals surface area contributed by atoms with Crippen LogP contribution in [0.4, 0.5) is 4.79 Å². The highest BCUT2D eigenvalue weighted by molar-refractivity contribution is 6.12. The zero-order valence-corrected chi connectivity index (χ0v) is 16.1. The number of urea groups is 1. The van der Waals surface area contributed by atoms with E-state index in [4.69, 9.17) is 11.5 Å². The lowest BCUT2D eigenvalue weighted by molar-refractivity contribution is 0.241. The molecule has 5 heteroatoms. The molecule has 0 saturated carbocycles. The van der Waals surface area contributed by atoms with Gasteiger partial charge in [-0.1, -0.05) is 12.7 Å². The number of carbonyl (C=O) groups excluding carboxylic acids is 1. The van der Waals surface area contributed by atoms with Crippen LogP contribution in [0, 0.1) is 0 Å². The van der Waals surface area contributed by atoms with E-state index in [1.165, 1.54) is 0 Å². The lowest BCUT2D eigenvalue weighted by Gasteiger charge is -2.18. The molecule has 0 aliphatic carbocycles. The van der Waals surface area contributed by atoms with Crippen molar-refractivity contribution >= 4 is 11.7 Å². The third kappa shape index (κ3) is 7.92. The SMILES string of the molecule is C=C(C)C(/C=C\C(C)=C(C)/C(CN)=C(/C)N)=N/C(=O)NC(C)(C)C. The molecule has 0 saturated heterocycles. The van der Waals surface area contributed by atoms with E-state index in [-0.39, 0.29) is 11.6 Å². The summed E-state index contributed by atoms with van der Waals surface area (Å²) in [4.78, 5) is 16.1. The molecule has 5 nitrogen and oxygen atoms in total. The average Bonchev–Trinajstić information content (AvgIpc) is 2.40. The lowest BCUT2D eigenvalue weighted by Crippen LogP contribution is -2.39. The maximum Gasteiger partial charge on any atom is 0.341 e. The molecule has 0 fully saturated rings. The van der Waals surface area contributed by atoms with Crippen LogP contribution in [0.2, 0.25) is 0 Å². The standard InChI is InChI=1S/C19H32N4O/c1-12(2)17(22-18(24)23-19(6,7)8)10-9-13(3)14(4)16(11-20)15(5)21/h9-10H,1,11,20-21H2,2-8H3,(H,23,24)/b10-9-,14-13-,16-15-,22-17+. The van der Waals surface area contributed by atoms with Crippen molar-refractivity contribution in [2.24, 2.45) is 16.5 Å². The fourth-order valence-corrected chi connectivity index (χ4v) is 1.91. The van der Waals surface area contributed by atoms with Gasteiger partial charge in [0.25, 0.3) is 0 Å². The van der Waals surface area contributed by atoms with Gasteiger partial charge in [-0.05, 0) is 76.8 Å². The summed E-state index contributed by atoms with van der Waals surface area (Å²) in [7, 11) is 0. The number of carbonyl (C=O) groups is 1. The fraction of sp³-hybridized carbons (Fsp3) is 0.474. The van der Waals surface area contributed by atoms with E-state index in [2.05, 4.69) is 16.9 Å². The Labute approximate surface area is 146 Å². The third-order valence-electron chi connectivity index (χ3n) is 3.36. The van der Waals surface area contributed by atoms with Crippen molar-refractivity contribution in [3.05, 3.63) is 46.7 Å². The Morgan fingerprint density at radius 3 is 2.08 bits per heavy atom. The van der Waals surface area contributed by atoms with Crippen LogP contribution in [-0.2, 0) is 0 Å². The van der Waals surface area contributed by atoms with Gasteiger partial charge in [0.15, 0.2) is 0 Å². The Morgan fingerprint density at radius 1 is 1.17 bits per heavy atom. The van der Waals surface area contributed by atoms with Crippen LogP contribution in [0.15, 0.2) is 51.7 Å². The van der Waals surface area contributed by atoms with E-state index < -0.39 is 0 Å². The van der Waals surface area contributed by atoms with Gasteiger partial charge in [0.2, 0.25) is 0 Å². The maximum atomic E-state index is 12.0. The summed E-state index contributed by atoms with van der Waals surface area (Å²) in [5.74, 6) is 0. The fourth-order valence-electron chi connectivity index (χ4n) is 1.91. The van der Waals surface area contributed by atoms with Gasteiger partial charge in [-0.3, -0.25) is 0 Å². The normalized spacial score (nSPS) is 15.1. The number of hydrogen-bond donors (Lipinski definition) is 3. The predicted octanol–water partition coefficient (Wildman–Crippen LogP) is 3.60. The van der Waals surface area contributed by atoms with Gasteiger partial charge in [-0.15, -0.1) is 0 Å². The van der Waals surface area contributed by atoms with Gasteiger partial charge in [0.05, 0.1) is 5.71 Å². The Balaban J connectivity index is 5.56. The molecule has 0 aromatic heterocycles. The van der Waals surface area contributed by atoms with Crippen LogP contribution >= 0.6 is 0 Å². The second-order valence-corrected chi connectivity index (χ2v) is 6.96. The van der Waals surface area contributed by atoms with Crippen LogP contribution in [-0.4, -0.2) is 23.8 Å². The molecule has 0 aliphatic heterocycles. The highest BCUT2D eigenvalue weighted by Crippen LogP contribution is 2.16. The van der Waals surface area contributed by atoms with Gasteiger partial charge in [-0.2, -0.15) is 4.99 Å². The number of rotatable bonds is 5. The number of nitrogens with zero attached hydrogens (tertiary/aromatic N) is 1. The first-order valence-electron chi connectivity index (χ1n) is 7.97. The van der Waals surface area contributed by atoms with E-state index in [9.17, 15) is 4.79 Å². The van der Waals surface area contributed by atoms with E-state index in [1.807, 2.05) is 54.5 Å². The number of nitrogens with one attached hydrogen (secondary N) is 1. The summed E-state index contributed by atoms with van der Waals surface area (Å²) in [6, 6.07) is -0.385. The highest BCUT2D eigenvalue weighted by Gasteiger charge is 2.13. The quantitative estimate of drug-likeness (QED) is 0.530. The highest BCUT2D eigenvalue weighted by atomic mass is 16.2.